The van der Waals surface area contributed by atoms with Crippen LogP contribution in [0.2, 0.25) is 0 Å². The van der Waals surface area contributed by atoms with Crippen LogP contribution in [0, 0.1) is 6.92 Å². The number of nitrogens with one attached hydrogen (secondary N) is 1. The van der Waals surface area contributed by atoms with E-state index < -0.39 is 0 Å². The van der Waals surface area contributed by atoms with Gasteiger partial charge in [-0.2, -0.15) is 0 Å². The molecule has 102 valence electrons. The largest absolute Gasteiger partial charge is 0.327 e. The van der Waals surface area contributed by atoms with Crippen LogP contribution in [0.3, 0.4) is 0 Å². The molecule has 0 fully saturated rings. The Kier molecular flexibility index (Phi) is 3.14. The predicted molar refractivity (Wildman–Crippen MR) is 78.2 cm³/mol. The van der Waals surface area contributed by atoms with Gasteiger partial charge in [0, 0.05) is 18.3 Å². The summed E-state index contributed by atoms with van der Waals surface area (Å²) in [5.74, 6) is -0.109. The van der Waals surface area contributed by atoms with Crippen molar-refractivity contribution in [1.29, 1.82) is 0 Å². The van der Waals surface area contributed by atoms with Crippen molar-refractivity contribution in [3.63, 3.8) is 0 Å². The number of hydrogen-bond donors (Lipinski definition) is 1. The molecule has 1 aliphatic heterocycles. The second kappa shape index (κ2) is 4.96. The van der Waals surface area contributed by atoms with Crippen molar-refractivity contribution in [2.45, 2.75) is 19.8 Å². The molecule has 0 saturated carbocycles. The Morgan fingerprint density at radius 2 is 1.95 bits per heavy atom. The van der Waals surface area contributed by atoms with Crippen LogP contribution < -0.4 is 10.5 Å². The highest BCUT2D eigenvalue weighted by molar-refractivity contribution is 6.06. The molecule has 4 heteroatoms. The van der Waals surface area contributed by atoms with E-state index in [2.05, 4.69) is 4.98 Å². The summed E-state index contributed by atoms with van der Waals surface area (Å²) in [4.78, 5) is 28.9. The first-order chi connectivity index (χ1) is 9.66. The van der Waals surface area contributed by atoms with Gasteiger partial charge in [-0.3, -0.25) is 9.59 Å². The molecule has 0 saturated heterocycles. The summed E-state index contributed by atoms with van der Waals surface area (Å²) in [6, 6.07) is 9.32. The smallest absolute Gasteiger partial charge is 0.272 e. The molecule has 1 N–H and O–H groups in total. The van der Waals surface area contributed by atoms with E-state index in [1.807, 2.05) is 37.3 Å². The van der Waals surface area contributed by atoms with E-state index in [1.54, 1.807) is 11.1 Å². The molecule has 4 nitrogen and oxygen atoms in total. The minimum Gasteiger partial charge on any atom is -0.327 e. The topological polar surface area (TPSA) is 53.2 Å². The third-order valence-electron chi connectivity index (χ3n) is 3.66. The Morgan fingerprint density at radius 3 is 2.70 bits per heavy atom. The molecule has 0 radical (unpaired) electrons. The fourth-order valence-corrected chi connectivity index (χ4v) is 2.60. The van der Waals surface area contributed by atoms with Crippen molar-refractivity contribution >= 4 is 11.6 Å². The summed E-state index contributed by atoms with van der Waals surface area (Å²) < 4.78 is 0. The van der Waals surface area contributed by atoms with Crippen LogP contribution in [-0.4, -0.2) is 17.4 Å². The molecule has 1 aliphatic rings. The number of H-pyrrole nitrogens is 1. The number of rotatable bonds is 1. The van der Waals surface area contributed by atoms with Gasteiger partial charge in [0.05, 0.1) is 0 Å². The maximum absolute atomic E-state index is 12.6. The monoisotopic (exact) mass is 268 g/mol. The van der Waals surface area contributed by atoms with Gasteiger partial charge in [0.25, 0.3) is 11.5 Å². The maximum Gasteiger partial charge on any atom is 0.272 e. The van der Waals surface area contributed by atoms with Crippen LogP contribution in [0.4, 0.5) is 5.69 Å². The molecule has 20 heavy (non-hydrogen) atoms. The number of carbonyl (C=O) groups is 1. The number of anilines is 1. The Labute approximate surface area is 117 Å². The molecule has 1 aromatic heterocycles. The van der Waals surface area contributed by atoms with Crippen molar-refractivity contribution in [3.8, 4) is 0 Å². The van der Waals surface area contributed by atoms with E-state index in [0.717, 1.165) is 24.0 Å². The third kappa shape index (κ3) is 2.13. The maximum atomic E-state index is 12.6. The van der Waals surface area contributed by atoms with Crippen molar-refractivity contribution in [2.24, 2.45) is 0 Å². The Balaban J connectivity index is 2.02. The molecule has 0 bridgehead atoms. The predicted octanol–water partition coefficient (Wildman–Crippen LogP) is 2.28. The lowest BCUT2D eigenvalue weighted by molar-refractivity contribution is 0.0985. The molecule has 0 aliphatic carbocycles. The number of hydrogen-bond acceptors (Lipinski definition) is 2. The first kappa shape index (κ1) is 12.7. The van der Waals surface area contributed by atoms with Gasteiger partial charge in [0.1, 0.15) is 5.69 Å². The Hall–Kier alpha value is -2.36. The van der Waals surface area contributed by atoms with Crippen molar-refractivity contribution < 1.29 is 4.79 Å². The van der Waals surface area contributed by atoms with E-state index in [0.29, 0.717) is 17.8 Å². The highest BCUT2D eigenvalue weighted by Gasteiger charge is 2.25. The number of pyridine rings is 1. The average molecular weight is 268 g/mol. The third-order valence-corrected chi connectivity index (χ3v) is 3.66. The van der Waals surface area contributed by atoms with Crippen molar-refractivity contribution in [3.05, 3.63) is 63.6 Å². The molecule has 2 heterocycles. The minimum atomic E-state index is -0.192. The first-order valence-electron chi connectivity index (χ1n) is 6.76. The van der Waals surface area contributed by atoms with Gasteiger partial charge in [0.2, 0.25) is 0 Å². The minimum absolute atomic E-state index is 0.109. The SMILES string of the molecule is Cc1ccc(C(=O)N2CCCc3cc[nH]c(=O)c32)cc1. The number of aromatic amines is 1. The molecule has 2 aromatic rings. The van der Waals surface area contributed by atoms with E-state index in [9.17, 15) is 9.59 Å². The summed E-state index contributed by atoms with van der Waals surface area (Å²) in [7, 11) is 0. The fourth-order valence-electron chi connectivity index (χ4n) is 2.60. The summed E-state index contributed by atoms with van der Waals surface area (Å²) in [5.41, 5.74) is 2.98. The number of amides is 1. The van der Waals surface area contributed by atoms with Crippen LogP contribution in [0.5, 0.6) is 0 Å². The van der Waals surface area contributed by atoms with Gasteiger partial charge >= 0.3 is 0 Å². The number of carbonyl (C=O) groups excluding carboxylic acids is 1. The zero-order valence-corrected chi connectivity index (χ0v) is 11.3. The average Bonchev–Trinajstić information content (AvgIpc) is 2.47. The summed E-state index contributed by atoms with van der Waals surface area (Å²) >= 11 is 0. The first-order valence-corrected chi connectivity index (χ1v) is 6.76. The molecule has 1 amide bonds. The van der Waals surface area contributed by atoms with Crippen molar-refractivity contribution in [1.82, 2.24) is 4.98 Å². The zero-order valence-electron chi connectivity index (χ0n) is 11.3. The second-order valence-corrected chi connectivity index (χ2v) is 5.11. The van der Waals surface area contributed by atoms with Crippen LogP contribution in [0.15, 0.2) is 41.3 Å². The highest BCUT2D eigenvalue weighted by Crippen LogP contribution is 2.24. The van der Waals surface area contributed by atoms with E-state index >= 15 is 0 Å². The number of benzene rings is 1. The Bertz CT molecular complexity index is 701. The molecule has 0 spiro atoms. The van der Waals surface area contributed by atoms with Crippen LogP contribution >= 0.6 is 0 Å². The van der Waals surface area contributed by atoms with Crippen LogP contribution in [0.25, 0.3) is 0 Å². The normalized spacial score (nSPS) is 13.9. The Morgan fingerprint density at radius 1 is 1.20 bits per heavy atom. The summed E-state index contributed by atoms with van der Waals surface area (Å²) in [5, 5.41) is 0. The molecule has 1 aromatic carbocycles. The number of aryl methyl sites for hydroxylation is 2. The lowest BCUT2D eigenvalue weighted by Gasteiger charge is -2.28. The van der Waals surface area contributed by atoms with E-state index in [-0.39, 0.29) is 11.5 Å². The van der Waals surface area contributed by atoms with Gasteiger partial charge in [-0.05, 0) is 43.5 Å². The van der Waals surface area contributed by atoms with Gasteiger partial charge in [-0.1, -0.05) is 17.7 Å². The quantitative estimate of drug-likeness (QED) is 0.862. The fraction of sp³-hybridized carbons (Fsp3) is 0.250. The van der Waals surface area contributed by atoms with E-state index in [4.69, 9.17) is 0 Å². The molecular formula is C16H16N2O2. The second-order valence-electron chi connectivity index (χ2n) is 5.11. The molecule has 0 atom stereocenters. The molecule has 0 unspecified atom stereocenters. The van der Waals surface area contributed by atoms with Gasteiger partial charge in [0.15, 0.2) is 0 Å². The molecule has 3 rings (SSSR count). The number of fused-ring (bicyclic) bond motifs is 1. The van der Waals surface area contributed by atoms with Crippen LogP contribution in [-0.2, 0) is 6.42 Å². The lowest BCUT2D eigenvalue weighted by Crippen LogP contribution is -2.39. The van der Waals surface area contributed by atoms with E-state index in [1.165, 1.54) is 0 Å². The van der Waals surface area contributed by atoms with Crippen molar-refractivity contribution in [2.75, 3.05) is 11.4 Å². The number of nitrogens with zero attached hydrogens (tertiary/aromatic N) is 1. The van der Waals surface area contributed by atoms with Gasteiger partial charge in [-0.15, -0.1) is 0 Å². The van der Waals surface area contributed by atoms with Gasteiger partial charge < -0.3 is 9.88 Å². The van der Waals surface area contributed by atoms with Gasteiger partial charge in [-0.25, -0.2) is 0 Å². The van der Waals surface area contributed by atoms with Crippen LogP contribution in [0.1, 0.15) is 27.9 Å². The number of aromatic nitrogens is 1. The lowest BCUT2D eigenvalue weighted by atomic mass is 10.0. The zero-order chi connectivity index (χ0) is 14.1. The summed E-state index contributed by atoms with van der Waals surface area (Å²) in [6.07, 6.45) is 3.37. The summed E-state index contributed by atoms with van der Waals surface area (Å²) in [6.45, 7) is 2.57. The highest BCUT2D eigenvalue weighted by atomic mass is 16.2. The standard InChI is InChI=1S/C16H16N2O2/c1-11-4-6-13(7-5-11)16(20)18-10-2-3-12-8-9-17-15(19)14(12)18/h4-9H,2-3,10H2,1H3,(H,17,19). The molecular weight excluding hydrogens is 252 g/mol.